The number of ketones is 1. The quantitative estimate of drug-likeness (QED) is 0.439. The molecule has 1 amide bonds. The third kappa shape index (κ3) is 4.77. The zero-order valence-electron chi connectivity index (χ0n) is 16.6. The van der Waals surface area contributed by atoms with Crippen molar-refractivity contribution >= 4 is 40.6 Å². The summed E-state index contributed by atoms with van der Waals surface area (Å²) in [4.78, 5) is 37.6. The van der Waals surface area contributed by atoms with Crippen molar-refractivity contribution in [2.45, 2.75) is 33.4 Å². The van der Waals surface area contributed by atoms with E-state index in [1.54, 1.807) is 19.1 Å². The number of carbonyl (C=O) groups excluding carboxylic acids is 3. The molecule has 9 heteroatoms. The second-order valence-electron chi connectivity index (χ2n) is 6.59. The average Bonchev–Trinajstić information content (AvgIpc) is 3.30. The highest BCUT2D eigenvalue weighted by Crippen LogP contribution is 2.25. The number of nitrogens with zero attached hydrogens (tertiary/aromatic N) is 2. The summed E-state index contributed by atoms with van der Waals surface area (Å²) >= 11 is 7.63. The number of ether oxygens (including phenoxy) is 1. The monoisotopic (exact) mass is 445 g/mol. The average molecular weight is 446 g/mol. The molecule has 0 aliphatic rings. The number of nitrogens with one attached hydrogen (secondary N) is 1. The number of carbonyl (C=O) groups is 3. The van der Waals surface area contributed by atoms with E-state index in [0.29, 0.717) is 22.8 Å². The number of benzene rings is 1. The van der Waals surface area contributed by atoms with Gasteiger partial charge in [-0.1, -0.05) is 29.8 Å². The summed E-state index contributed by atoms with van der Waals surface area (Å²) in [6, 6.07) is 12.6. The predicted molar refractivity (Wildman–Crippen MR) is 114 cm³/mol. The van der Waals surface area contributed by atoms with Crippen LogP contribution in [0.4, 0.5) is 0 Å². The van der Waals surface area contributed by atoms with Gasteiger partial charge in [0.15, 0.2) is 6.10 Å². The topological polar surface area (TPSA) is 90.3 Å². The maximum absolute atomic E-state index is 12.7. The fraction of sp³-hybridized carbons (Fsp3) is 0.238. The van der Waals surface area contributed by atoms with Gasteiger partial charge in [-0.25, -0.2) is 9.48 Å². The number of esters is 1. The maximum Gasteiger partial charge on any atom is 0.343 e. The number of aryl methyl sites for hydroxylation is 1. The van der Waals surface area contributed by atoms with Crippen LogP contribution in [0.3, 0.4) is 0 Å². The first kappa shape index (κ1) is 21.7. The number of hydrogen-bond acceptors (Lipinski definition) is 6. The molecule has 0 saturated heterocycles. The lowest BCUT2D eigenvalue weighted by Crippen LogP contribution is -2.24. The number of thiophene rings is 1. The van der Waals surface area contributed by atoms with Gasteiger partial charge in [0.1, 0.15) is 10.7 Å². The van der Waals surface area contributed by atoms with Gasteiger partial charge in [0.05, 0.1) is 22.8 Å². The Labute approximate surface area is 182 Å². The minimum absolute atomic E-state index is 0.122. The lowest BCUT2D eigenvalue weighted by molar-refractivity contribution is -0.119. The van der Waals surface area contributed by atoms with Crippen LogP contribution < -0.4 is 5.32 Å². The highest BCUT2D eigenvalue weighted by molar-refractivity contribution is 7.14. The molecule has 2 aromatic heterocycles. The Balaban J connectivity index is 1.72. The zero-order chi connectivity index (χ0) is 21.8. The van der Waals surface area contributed by atoms with Crippen molar-refractivity contribution < 1.29 is 19.1 Å². The minimum atomic E-state index is -1.000. The summed E-state index contributed by atoms with van der Waals surface area (Å²) in [5.41, 5.74) is 1.24. The van der Waals surface area contributed by atoms with E-state index in [1.165, 1.54) is 29.9 Å². The molecule has 0 saturated carbocycles. The van der Waals surface area contributed by atoms with Crippen LogP contribution in [0.15, 0.2) is 42.5 Å². The van der Waals surface area contributed by atoms with Gasteiger partial charge in [-0.2, -0.15) is 5.10 Å². The van der Waals surface area contributed by atoms with Crippen LogP contribution in [0.5, 0.6) is 0 Å². The van der Waals surface area contributed by atoms with E-state index in [0.717, 1.165) is 4.88 Å². The third-order valence-electron chi connectivity index (χ3n) is 4.28. The second kappa shape index (κ2) is 9.23. The number of para-hydroxylation sites is 1. The van der Waals surface area contributed by atoms with Crippen LogP contribution in [0.25, 0.3) is 5.69 Å². The van der Waals surface area contributed by atoms with Gasteiger partial charge in [-0.3, -0.25) is 9.59 Å². The van der Waals surface area contributed by atoms with Crippen molar-refractivity contribution in [2.24, 2.45) is 0 Å². The normalized spacial score (nSPS) is 11.7. The Hall–Kier alpha value is -2.97. The molecule has 7 nitrogen and oxygen atoms in total. The fourth-order valence-electron chi connectivity index (χ4n) is 2.76. The number of halogens is 1. The molecule has 0 aliphatic carbocycles. The van der Waals surface area contributed by atoms with Crippen LogP contribution >= 0.6 is 22.9 Å². The molecule has 1 aromatic carbocycles. The van der Waals surface area contributed by atoms with Gasteiger partial charge in [0.25, 0.3) is 0 Å². The summed E-state index contributed by atoms with van der Waals surface area (Å²) in [6.45, 7) is 4.93. The Bertz CT molecular complexity index is 1090. The van der Waals surface area contributed by atoms with Crippen molar-refractivity contribution in [2.75, 3.05) is 0 Å². The van der Waals surface area contributed by atoms with Crippen molar-refractivity contribution in [3.05, 3.63) is 68.6 Å². The highest BCUT2D eigenvalue weighted by atomic mass is 35.5. The van der Waals surface area contributed by atoms with Crippen LogP contribution in [-0.2, 0) is 16.1 Å². The molecule has 3 rings (SSSR count). The Kier molecular flexibility index (Phi) is 6.69. The number of aromatic nitrogens is 2. The summed E-state index contributed by atoms with van der Waals surface area (Å²) in [5.74, 6) is -1.19. The molecule has 156 valence electrons. The lowest BCUT2D eigenvalue weighted by atomic mass is 10.2. The van der Waals surface area contributed by atoms with Gasteiger partial charge in [-0.05, 0) is 38.1 Å². The molecule has 30 heavy (non-hydrogen) atoms. The standard InChI is InChI=1S/C21H20ClN3O4S/c1-12-18(20(22)25(24-12)15-7-5-4-6-8-15)21(28)29-13(2)19(27)17-10-9-16(30-17)11-23-14(3)26/h4-10,13H,11H2,1-3H3,(H,23,26). The van der Waals surface area contributed by atoms with Crippen LogP contribution in [0, 0.1) is 6.92 Å². The van der Waals surface area contributed by atoms with Crippen molar-refractivity contribution in [3.63, 3.8) is 0 Å². The highest BCUT2D eigenvalue weighted by Gasteiger charge is 2.27. The summed E-state index contributed by atoms with van der Waals surface area (Å²) in [7, 11) is 0. The van der Waals surface area contributed by atoms with Gasteiger partial charge in [0.2, 0.25) is 11.7 Å². The molecule has 1 N–H and O–H groups in total. The third-order valence-corrected chi connectivity index (χ3v) is 5.73. The first-order valence-corrected chi connectivity index (χ1v) is 10.4. The summed E-state index contributed by atoms with van der Waals surface area (Å²) in [5, 5.41) is 7.11. The molecule has 0 bridgehead atoms. The molecule has 1 unspecified atom stereocenters. The van der Waals surface area contributed by atoms with Crippen LogP contribution in [0.2, 0.25) is 5.15 Å². The smallest absolute Gasteiger partial charge is 0.343 e. The molecule has 3 aromatic rings. The van der Waals surface area contributed by atoms with E-state index in [1.807, 2.05) is 30.3 Å². The number of amides is 1. The largest absolute Gasteiger partial charge is 0.450 e. The predicted octanol–water partition coefficient (Wildman–Crippen LogP) is 3.96. The molecule has 0 fully saturated rings. The Morgan fingerprint density at radius 3 is 2.57 bits per heavy atom. The Morgan fingerprint density at radius 2 is 1.90 bits per heavy atom. The van der Waals surface area contributed by atoms with Crippen LogP contribution in [-0.4, -0.2) is 33.5 Å². The first-order chi connectivity index (χ1) is 14.3. The van der Waals surface area contributed by atoms with Gasteiger partial charge >= 0.3 is 5.97 Å². The zero-order valence-corrected chi connectivity index (χ0v) is 18.2. The maximum atomic E-state index is 12.7. The summed E-state index contributed by atoms with van der Waals surface area (Å²) < 4.78 is 6.83. The van der Waals surface area contributed by atoms with Crippen molar-refractivity contribution in [3.8, 4) is 5.69 Å². The minimum Gasteiger partial charge on any atom is -0.450 e. The van der Waals surface area contributed by atoms with Gasteiger partial charge in [0, 0.05) is 11.8 Å². The SMILES string of the molecule is CC(=O)NCc1ccc(C(=O)C(C)OC(=O)c2c(C)nn(-c3ccccc3)c2Cl)s1. The summed E-state index contributed by atoms with van der Waals surface area (Å²) in [6.07, 6.45) is -1.000. The van der Waals surface area contributed by atoms with E-state index in [4.69, 9.17) is 16.3 Å². The number of hydrogen-bond donors (Lipinski definition) is 1. The van der Waals surface area contributed by atoms with E-state index >= 15 is 0 Å². The molecule has 0 spiro atoms. The van der Waals surface area contributed by atoms with E-state index in [9.17, 15) is 14.4 Å². The van der Waals surface area contributed by atoms with Gasteiger partial charge < -0.3 is 10.1 Å². The first-order valence-electron chi connectivity index (χ1n) is 9.16. The number of rotatable bonds is 7. The van der Waals surface area contributed by atoms with E-state index in [-0.39, 0.29) is 22.4 Å². The van der Waals surface area contributed by atoms with Crippen LogP contribution in [0.1, 0.15) is 44.4 Å². The molecular weight excluding hydrogens is 426 g/mol. The second-order valence-corrected chi connectivity index (χ2v) is 8.11. The Morgan fingerprint density at radius 1 is 1.20 bits per heavy atom. The van der Waals surface area contributed by atoms with E-state index < -0.39 is 12.1 Å². The molecule has 1 atom stereocenters. The molecule has 0 radical (unpaired) electrons. The molecule has 0 aliphatic heterocycles. The fourth-order valence-corrected chi connectivity index (χ4v) is 4.08. The van der Waals surface area contributed by atoms with Crippen molar-refractivity contribution in [1.82, 2.24) is 15.1 Å². The molecule has 2 heterocycles. The number of Topliss-reactive ketones (excluding diaryl/α,β-unsaturated/α-hetero) is 1. The lowest BCUT2D eigenvalue weighted by Gasteiger charge is -2.11. The van der Waals surface area contributed by atoms with Crippen molar-refractivity contribution in [1.29, 1.82) is 0 Å². The van der Waals surface area contributed by atoms with E-state index in [2.05, 4.69) is 10.4 Å². The van der Waals surface area contributed by atoms with Gasteiger partial charge in [-0.15, -0.1) is 11.3 Å². The molecular formula is C21H20ClN3O4S.